The lowest BCUT2D eigenvalue weighted by Gasteiger charge is -2.07. The number of nitrogens with zero attached hydrogens (tertiary/aromatic N) is 4. The van der Waals surface area contributed by atoms with E-state index in [0.29, 0.717) is 16.6 Å². The first-order valence-corrected chi connectivity index (χ1v) is 9.93. The third-order valence-corrected chi connectivity index (χ3v) is 5.04. The van der Waals surface area contributed by atoms with Gasteiger partial charge in [-0.15, -0.1) is 0 Å². The first kappa shape index (κ1) is 19.8. The molecule has 1 N–H and O–H groups in total. The highest BCUT2D eigenvalue weighted by molar-refractivity contribution is 9.10. The second kappa shape index (κ2) is 8.50. The van der Waals surface area contributed by atoms with E-state index in [1.54, 1.807) is 23.9 Å². The molecule has 0 bridgehead atoms. The molecule has 0 aliphatic rings. The van der Waals surface area contributed by atoms with Gasteiger partial charge in [0.05, 0.1) is 42.3 Å². The lowest BCUT2D eigenvalue weighted by atomic mass is 10.2. The zero-order valence-corrected chi connectivity index (χ0v) is 17.7. The largest absolute Gasteiger partial charge is 0.497 e. The van der Waals surface area contributed by atoms with Crippen molar-refractivity contribution in [2.24, 2.45) is 0 Å². The predicted octanol–water partition coefficient (Wildman–Crippen LogP) is 2.67. The normalized spacial score (nSPS) is 10.9. The summed E-state index contributed by atoms with van der Waals surface area (Å²) in [7, 11) is 1.62. The average molecular weight is 468 g/mol. The maximum absolute atomic E-state index is 12.6. The van der Waals surface area contributed by atoms with Crippen LogP contribution in [0.2, 0.25) is 0 Å². The number of aromatic nitrogens is 4. The fourth-order valence-corrected chi connectivity index (χ4v) is 3.34. The number of carbonyl (C=O) groups excluding carboxylic acids is 1. The van der Waals surface area contributed by atoms with Crippen molar-refractivity contribution in [2.75, 3.05) is 7.11 Å². The predicted molar refractivity (Wildman–Crippen MR) is 116 cm³/mol. The highest BCUT2D eigenvalue weighted by atomic mass is 79.9. The topological polar surface area (TPSA) is 91.0 Å². The Hall–Kier alpha value is -3.46. The van der Waals surface area contributed by atoms with Gasteiger partial charge in [-0.2, -0.15) is 5.10 Å². The van der Waals surface area contributed by atoms with Gasteiger partial charge in [-0.1, -0.05) is 15.9 Å². The molecule has 0 unspecified atom stereocenters. The number of nitrogens with one attached hydrogen (secondary N) is 1. The number of amides is 1. The molecule has 0 atom stereocenters. The van der Waals surface area contributed by atoms with Gasteiger partial charge in [0, 0.05) is 10.7 Å². The van der Waals surface area contributed by atoms with Crippen LogP contribution in [-0.4, -0.2) is 32.3 Å². The molecule has 4 aromatic rings. The average Bonchev–Trinajstić information content (AvgIpc) is 3.24. The molecular weight excluding hydrogens is 450 g/mol. The molecule has 2 aromatic heterocycles. The molecule has 1 amide bonds. The van der Waals surface area contributed by atoms with Crippen LogP contribution in [0.3, 0.4) is 0 Å². The Morgan fingerprint density at radius 2 is 1.97 bits per heavy atom. The van der Waals surface area contributed by atoms with E-state index >= 15 is 0 Å². The number of halogens is 1. The zero-order valence-electron chi connectivity index (χ0n) is 16.1. The van der Waals surface area contributed by atoms with E-state index in [1.165, 1.54) is 10.9 Å². The van der Waals surface area contributed by atoms with E-state index in [-0.39, 0.29) is 24.6 Å². The van der Waals surface area contributed by atoms with Gasteiger partial charge >= 0.3 is 0 Å². The highest BCUT2D eigenvalue weighted by Crippen LogP contribution is 2.15. The van der Waals surface area contributed by atoms with Crippen molar-refractivity contribution in [1.82, 2.24) is 24.6 Å². The van der Waals surface area contributed by atoms with Crippen molar-refractivity contribution in [3.63, 3.8) is 0 Å². The summed E-state index contributed by atoms with van der Waals surface area (Å²) in [6.45, 7) is 0.136. The van der Waals surface area contributed by atoms with Gasteiger partial charge in [0.2, 0.25) is 5.91 Å². The minimum absolute atomic E-state index is 0.118. The van der Waals surface area contributed by atoms with E-state index in [0.717, 1.165) is 15.9 Å². The molecule has 0 spiro atoms. The van der Waals surface area contributed by atoms with Crippen molar-refractivity contribution in [3.8, 4) is 11.4 Å². The van der Waals surface area contributed by atoms with Gasteiger partial charge in [0.1, 0.15) is 12.3 Å². The quantitative estimate of drug-likeness (QED) is 0.470. The zero-order chi connectivity index (χ0) is 21.1. The number of ether oxygens (including phenoxy) is 1. The van der Waals surface area contributed by atoms with Crippen LogP contribution in [0.25, 0.3) is 16.6 Å². The van der Waals surface area contributed by atoms with E-state index < -0.39 is 0 Å². The van der Waals surface area contributed by atoms with E-state index in [2.05, 4.69) is 31.3 Å². The molecule has 2 heterocycles. The SMILES string of the molecule is COc1ccc(-n2ccc(CNC(=O)Cn3cnc4ccc(Br)cc4c3=O)n2)cc1. The number of methoxy groups -OCH3 is 1. The Morgan fingerprint density at radius 3 is 2.73 bits per heavy atom. The Morgan fingerprint density at radius 1 is 1.17 bits per heavy atom. The standard InChI is InChI=1S/C21H18BrN5O3/c1-30-17-5-3-16(4-6-17)27-9-8-15(25-27)11-23-20(28)12-26-13-24-19-7-2-14(22)10-18(19)21(26)29/h2-10,13H,11-12H2,1H3,(H,23,28). The molecule has 0 saturated carbocycles. The summed E-state index contributed by atoms with van der Waals surface area (Å²) >= 11 is 3.35. The molecule has 2 aromatic carbocycles. The summed E-state index contributed by atoms with van der Waals surface area (Å²) in [5.74, 6) is 0.469. The van der Waals surface area contributed by atoms with E-state index in [9.17, 15) is 9.59 Å². The molecule has 0 aliphatic carbocycles. The second-order valence-corrected chi connectivity index (χ2v) is 7.48. The van der Waals surface area contributed by atoms with Crippen LogP contribution in [0.1, 0.15) is 5.69 Å². The Balaban J connectivity index is 1.41. The summed E-state index contributed by atoms with van der Waals surface area (Å²) in [6.07, 6.45) is 3.20. The number of hydrogen-bond acceptors (Lipinski definition) is 5. The van der Waals surface area contributed by atoms with Crippen molar-refractivity contribution in [1.29, 1.82) is 0 Å². The van der Waals surface area contributed by atoms with Crippen LogP contribution in [0.5, 0.6) is 5.75 Å². The van der Waals surface area contributed by atoms with Gasteiger partial charge in [-0.05, 0) is 48.5 Å². The molecule has 152 valence electrons. The van der Waals surface area contributed by atoms with Gasteiger partial charge in [0.15, 0.2) is 0 Å². The van der Waals surface area contributed by atoms with Gasteiger partial charge < -0.3 is 10.1 Å². The van der Waals surface area contributed by atoms with Gasteiger partial charge in [-0.25, -0.2) is 9.67 Å². The van der Waals surface area contributed by atoms with Crippen LogP contribution in [0.15, 0.2) is 70.3 Å². The van der Waals surface area contributed by atoms with Crippen LogP contribution >= 0.6 is 15.9 Å². The molecular formula is C21H18BrN5O3. The van der Waals surface area contributed by atoms with Gasteiger partial charge in [0.25, 0.3) is 5.56 Å². The molecule has 0 fully saturated rings. The first-order chi connectivity index (χ1) is 14.5. The maximum atomic E-state index is 12.6. The summed E-state index contributed by atoms with van der Waals surface area (Å²) in [5.41, 5.74) is 1.91. The second-order valence-electron chi connectivity index (χ2n) is 6.57. The summed E-state index contributed by atoms with van der Waals surface area (Å²) < 4.78 is 8.95. The maximum Gasteiger partial charge on any atom is 0.261 e. The van der Waals surface area contributed by atoms with Crippen LogP contribution < -0.4 is 15.6 Å². The third kappa shape index (κ3) is 4.25. The molecule has 8 nitrogen and oxygen atoms in total. The number of rotatable bonds is 6. The molecule has 0 radical (unpaired) electrons. The fraction of sp³-hybridized carbons (Fsp3) is 0.143. The molecule has 9 heteroatoms. The lowest BCUT2D eigenvalue weighted by molar-refractivity contribution is -0.121. The van der Waals surface area contributed by atoms with Crippen molar-refractivity contribution in [2.45, 2.75) is 13.1 Å². The fourth-order valence-electron chi connectivity index (χ4n) is 2.98. The first-order valence-electron chi connectivity index (χ1n) is 9.14. The number of benzene rings is 2. The number of hydrogen-bond donors (Lipinski definition) is 1. The van der Waals surface area contributed by atoms with Crippen molar-refractivity contribution < 1.29 is 9.53 Å². The van der Waals surface area contributed by atoms with Crippen molar-refractivity contribution in [3.05, 3.63) is 81.6 Å². The minimum atomic E-state index is -0.299. The van der Waals surface area contributed by atoms with Gasteiger partial charge in [-0.3, -0.25) is 14.2 Å². The highest BCUT2D eigenvalue weighted by Gasteiger charge is 2.09. The summed E-state index contributed by atoms with van der Waals surface area (Å²) in [5, 5.41) is 7.70. The van der Waals surface area contributed by atoms with Crippen LogP contribution in [-0.2, 0) is 17.9 Å². The summed E-state index contributed by atoms with van der Waals surface area (Å²) in [6, 6.07) is 14.6. The van der Waals surface area contributed by atoms with Crippen molar-refractivity contribution >= 4 is 32.7 Å². The lowest BCUT2D eigenvalue weighted by Crippen LogP contribution is -2.32. The number of fused-ring (bicyclic) bond motifs is 1. The monoisotopic (exact) mass is 467 g/mol. The Labute approximate surface area is 180 Å². The molecule has 30 heavy (non-hydrogen) atoms. The Bertz CT molecular complexity index is 1260. The number of carbonyl (C=O) groups is 1. The molecule has 0 aliphatic heterocycles. The molecule has 0 saturated heterocycles. The van der Waals surface area contributed by atoms with Crippen LogP contribution in [0, 0.1) is 0 Å². The van der Waals surface area contributed by atoms with E-state index in [4.69, 9.17) is 4.74 Å². The van der Waals surface area contributed by atoms with Crippen LogP contribution in [0.4, 0.5) is 0 Å². The molecule has 4 rings (SSSR count). The summed E-state index contributed by atoms with van der Waals surface area (Å²) in [4.78, 5) is 29.2. The Kier molecular flexibility index (Phi) is 5.62. The minimum Gasteiger partial charge on any atom is -0.497 e. The smallest absolute Gasteiger partial charge is 0.261 e. The van der Waals surface area contributed by atoms with E-state index in [1.807, 2.05) is 42.6 Å². The third-order valence-electron chi connectivity index (χ3n) is 4.55.